The van der Waals surface area contributed by atoms with Crippen molar-refractivity contribution in [1.29, 1.82) is 0 Å². The molecule has 0 spiro atoms. The van der Waals surface area contributed by atoms with Gasteiger partial charge in [0.2, 0.25) is 5.91 Å². The number of hydrogen-bond acceptors (Lipinski definition) is 4. The number of anilines is 1. The molecular formula is C19H22BrN5O. The van der Waals surface area contributed by atoms with Crippen molar-refractivity contribution in [1.82, 2.24) is 20.2 Å². The first-order valence-corrected chi connectivity index (χ1v) is 10.1. The topological polar surface area (TPSA) is 72.7 Å². The molecule has 0 radical (unpaired) electrons. The molecule has 7 heteroatoms. The zero-order valence-electron chi connectivity index (χ0n) is 14.8. The molecule has 6 rings (SSSR count). The van der Waals surface area contributed by atoms with Crippen LogP contribution in [-0.4, -0.2) is 30.4 Å². The highest BCUT2D eigenvalue weighted by Gasteiger charge is 2.59. The lowest BCUT2D eigenvalue weighted by atomic mass is 9.49. The lowest BCUT2D eigenvalue weighted by Crippen LogP contribution is -2.57. The molecular weight excluding hydrogens is 394 g/mol. The van der Waals surface area contributed by atoms with E-state index in [-0.39, 0.29) is 15.6 Å². The number of carbonyl (C=O) groups is 1. The smallest absolute Gasteiger partial charge is 0.230 e. The number of benzene rings is 1. The standard InChI is InChI=1S/C19H22BrN5O/c1-12-4-15(2-3-16(12)25-11-21-23-24-25)22-17(26)18-6-13-5-14(7-18)9-19(20,8-13)10-18/h2-4,11,13-14H,5-10H2,1H3,(H,22,26). The minimum Gasteiger partial charge on any atom is -0.326 e. The molecule has 1 amide bonds. The molecule has 26 heavy (non-hydrogen) atoms. The van der Waals surface area contributed by atoms with Crippen molar-refractivity contribution in [3.63, 3.8) is 0 Å². The molecule has 4 aliphatic carbocycles. The third kappa shape index (κ3) is 2.59. The molecule has 0 saturated heterocycles. The summed E-state index contributed by atoms with van der Waals surface area (Å²) < 4.78 is 1.82. The van der Waals surface area contributed by atoms with Gasteiger partial charge < -0.3 is 5.32 Å². The maximum atomic E-state index is 13.3. The van der Waals surface area contributed by atoms with Gasteiger partial charge in [-0.1, -0.05) is 15.9 Å². The Hall–Kier alpha value is -1.76. The van der Waals surface area contributed by atoms with Gasteiger partial charge in [-0.2, -0.15) is 0 Å². The van der Waals surface area contributed by atoms with E-state index in [1.54, 1.807) is 11.0 Å². The Balaban J connectivity index is 1.38. The minimum absolute atomic E-state index is 0.189. The summed E-state index contributed by atoms with van der Waals surface area (Å²) in [6.07, 6.45) is 8.42. The summed E-state index contributed by atoms with van der Waals surface area (Å²) in [5.74, 6) is 1.60. The summed E-state index contributed by atoms with van der Waals surface area (Å²) in [7, 11) is 0. The highest BCUT2D eigenvalue weighted by atomic mass is 79.9. The third-order valence-corrected chi connectivity index (χ3v) is 7.45. The number of alkyl halides is 1. The Labute approximate surface area is 160 Å². The van der Waals surface area contributed by atoms with E-state index in [0.717, 1.165) is 36.2 Å². The molecule has 4 fully saturated rings. The van der Waals surface area contributed by atoms with Crippen LogP contribution in [0.2, 0.25) is 0 Å². The van der Waals surface area contributed by atoms with Crippen LogP contribution in [0.1, 0.15) is 44.1 Å². The third-order valence-electron chi connectivity index (χ3n) is 6.52. The highest BCUT2D eigenvalue weighted by Crippen LogP contribution is 2.64. The Morgan fingerprint density at radius 3 is 2.65 bits per heavy atom. The van der Waals surface area contributed by atoms with E-state index in [1.807, 2.05) is 25.1 Å². The first-order valence-electron chi connectivity index (χ1n) is 9.29. The summed E-state index contributed by atoms with van der Waals surface area (Å²) in [4.78, 5) is 13.3. The fourth-order valence-corrected chi connectivity index (χ4v) is 7.39. The molecule has 136 valence electrons. The van der Waals surface area contributed by atoms with Gasteiger partial charge >= 0.3 is 0 Å². The fourth-order valence-electron chi connectivity index (χ4n) is 5.94. The van der Waals surface area contributed by atoms with Crippen molar-refractivity contribution in [2.24, 2.45) is 17.3 Å². The Kier molecular flexibility index (Phi) is 3.55. The number of aromatic nitrogens is 4. The lowest BCUT2D eigenvalue weighted by Gasteiger charge is -2.59. The molecule has 1 aromatic heterocycles. The number of tetrazole rings is 1. The second-order valence-electron chi connectivity index (χ2n) is 8.60. The van der Waals surface area contributed by atoms with E-state index in [0.29, 0.717) is 11.8 Å². The van der Waals surface area contributed by atoms with Gasteiger partial charge in [-0.3, -0.25) is 4.79 Å². The molecule has 1 N–H and O–H groups in total. The average molecular weight is 416 g/mol. The molecule has 2 aromatic rings. The van der Waals surface area contributed by atoms with Crippen LogP contribution in [0.25, 0.3) is 5.69 Å². The maximum absolute atomic E-state index is 13.3. The van der Waals surface area contributed by atoms with Gasteiger partial charge in [0, 0.05) is 10.0 Å². The predicted octanol–water partition coefficient (Wildman–Crippen LogP) is 3.64. The minimum atomic E-state index is -0.198. The zero-order chi connectivity index (χ0) is 17.9. The van der Waals surface area contributed by atoms with Crippen LogP contribution < -0.4 is 5.32 Å². The average Bonchev–Trinajstić information content (AvgIpc) is 3.06. The quantitative estimate of drug-likeness (QED) is 0.776. The fraction of sp³-hybridized carbons (Fsp3) is 0.579. The van der Waals surface area contributed by atoms with Crippen molar-refractivity contribution < 1.29 is 4.79 Å². The van der Waals surface area contributed by atoms with E-state index in [2.05, 4.69) is 36.8 Å². The highest BCUT2D eigenvalue weighted by molar-refractivity contribution is 9.10. The summed E-state index contributed by atoms with van der Waals surface area (Å²) >= 11 is 3.99. The Morgan fingerprint density at radius 1 is 1.27 bits per heavy atom. The predicted molar refractivity (Wildman–Crippen MR) is 101 cm³/mol. The van der Waals surface area contributed by atoms with Gasteiger partial charge in [0.05, 0.1) is 11.1 Å². The van der Waals surface area contributed by atoms with E-state index < -0.39 is 0 Å². The lowest BCUT2D eigenvalue weighted by molar-refractivity contribution is -0.138. The first-order chi connectivity index (χ1) is 12.4. The van der Waals surface area contributed by atoms with Crippen LogP contribution in [0.5, 0.6) is 0 Å². The molecule has 4 bridgehead atoms. The van der Waals surface area contributed by atoms with Crippen molar-refractivity contribution in [3.05, 3.63) is 30.1 Å². The number of hydrogen-bond donors (Lipinski definition) is 1. The molecule has 1 heterocycles. The SMILES string of the molecule is Cc1cc(NC(=O)C23CC4CC(CC(Br)(C4)C2)C3)ccc1-n1cnnn1. The van der Waals surface area contributed by atoms with Gasteiger partial charge in [0.25, 0.3) is 0 Å². The molecule has 0 aliphatic heterocycles. The second-order valence-corrected chi connectivity index (χ2v) is 10.3. The van der Waals surface area contributed by atoms with Crippen molar-refractivity contribution in [2.45, 2.75) is 49.8 Å². The summed E-state index contributed by atoms with van der Waals surface area (Å²) in [6, 6.07) is 5.89. The summed E-state index contributed by atoms with van der Waals surface area (Å²) in [6.45, 7) is 2.00. The number of carbonyl (C=O) groups excluding carboxylic acids is 1. The van der Waals surface area contributed by atoms with Crippen molar-refractivity contribution in [2.75, 3.05) is 5.32 Å². The van der Waals surface area contributed by atoms with E-state index in [9.17, 15) is 4.79 Å². The summed E-state index contributed by atoms with van der Waals surface area (Å²) in [5.41, 5.74) is 2.60. The number of nitrogens with zero attached hydrogens (tertiary/aromatic N) is 4. The van der Waals surface area contributed by atoms with Crippen LogP contribution >= 0.6 is 15.9 Å². The van der Waals surface area contributed by atoms with Gasteiger partial charge in [0.15, 0.2) is 0 Å². The first kappa shape index (κ1) is 16.4. The number of halogens is 1. The van der Waals surface area contributed by atoms with Crippen LogP contribution in [0.3, 0.4) is 0 Å². The van der Waals surface area contributed by atoms with Crippen LogP contribution in [0, 0.1) is 24.2 Å². The number of amides is 1. The normalized spacial score (nSPS) is 34.8. The Morgan fingerprint density at radius 2 is 2.04 bits per heavy atom. The molecule has 6 nitrogen and oxygen atoms in total. The Bertz CT molecular complexity index is 851. The van der Waals surface area contributed by atoms with E-state index >= 15 is 0 Å². The number of rotatable bonds is 3. The van der Waals surface area contributed by atoms with Crippen molar-refractivity contribution in [3.8, 4) is 5.69 Å². The second kappa shape index (κ2) is 5.62. The van der Waals surface area contributed by atoms with Gasteiger partial charge in [0.1, 0.15) is 6.33 Å². The largest absolute Gasteiger partial charge is 0.326 e. The molecule has 4 aliphatic rings. The van der Waals surface area contributed by atoms with Crippen LogP contribution in [0.4, 0.5) is 5.69 Å². The van der Waals surface area contributed by atoms with Crippen molar-refractivity contribution >= 4 is 27.5 Å². The number of aryl methyl sites for hydroxylation is 1. The molecule has 4 saturated carbocycles. The molecule has 1 aromatic carbocycles. The molecule has 2 unspecified atom stereocenters. The van der Waals surface area contributed by atoms with Gasteiger partial charge in [-0.25, -0.2) is 4.68 Å². The van der Waals surface area contributed by atoms with E-state index in [1.165, 1.54) is 19.3 Å². The summed E-state index contributed by atoms with van der Waals surface area (Å²) in [5, 5.41) is 14.5. The maximum Gasteiger partial charge on any atom is 0.230 e. The van der Waals surface area contributed by atoms with E-state index in [4.69, 9.17) is 0 Å². The van der Waals surface area contributed by atoms with Crippen LogP contribution in [-0.2, 0) is 4.79 Å². The van der Waals surface area contributed by atoms with Gasteiger partial charge in [-0.05, 0) is 91.5 Å². The zero-order valence-corrected chi connectivity index (χ0v) is 16.4. The number of nitrogens with one attached hydrogen (secondary N) is 1. The van der Waals surface area contributed by atoms with Gasteiger partial charge in [-0.15, -0.1) is 5.10 Å². The van der Waals surface area contributed by atoms with Crippen LogP contribution in [0.15, 0.2) is 24.5 Å². The monoisotopic (exact) mass is 415 g/mol. The molecule has 2 atom stereocenters.